The van der Waals surface area contributed by atoms with Crippen molar-refractivity contribution in [3.63, 3.8) is 0 Å². The van der Waals surface area contributed by atoms with Crippen molar-refractivity contribution < 1.29 is 10.6 Å². The molecule has 0 saturated heterocycles. The standard InChI is InChI=1S/C6H15NO.ClH/c1-3-7(4-2)5-6-8;/h8H,3-6H2,1-2H3;1H/i5D2,6D2;. The van der Waals surface area contributed by atoms with E-state index in [0.29, 0.717) is 13.1 Å². The molecule has 58 valence electrons. The third-order valence-electron chi connectivity index (χ3n) is 0.972. The molecule has 0 amide bonds. The zero-order chi connectivity index (χ0) is 9.99. The molecule has 0 aliphatic carbocycles. The van der Waals surface area contributed by atoms with Crippen LogP contribution in [-0.4, -0.2) is 36.2 Å². The number of aliphatic hydroxyl groups is 1. The van der Waals surface area contributed by atoms with Crippen molar-refractivity contribution in [2.24, 2.45) is 0 Å². The molecule has 0 aliphatic heterocycles. The van der Waals surface area contributed by atoms with Crippen LogP contribution in [0.25, 0.3) is 0 Å². The van der Waals surface area contributed by atoms with Gasteiger partial charge < -0.3 is 10.0 Å². The highest BCUT2D eigenvalue weighted by Crippen LogP contribution is 1.82. The van der Waals surface area contributed by atoms with Crippen LogP contribution in [0.1, 0.15) is 19.3 Å². The number of nitrogens with zero attached hydrogens (tertiary/aromatic N) is 1. The Kier molecular flexibility index (Phi) is 4.51. The van der Waals surface area contributed by atoms with Gasteiger partial charge in [0.15, 0.2) is 0 Å². The van der Waals surface area contributed by atoms with Gasteiger partial charge in [-0.1, -0.05) is 13.8 Å². The molecule has 0 aromatic rings. The van der Waals surface area contributed by atoms with Crippen LogP contribution < -0.4 is 0 Å². The second-order valence-corrected chi connectivity index (χ2v) is 1.40. The Labute approximate surface area is 68.9 Å². The van der Waals surface area contributed by atoms with Gasteiger partial charge in [0.1, 0.15) is 0 Å². The summed E-state index contributed by atoms with van der Waals surface area (Å²) in [6, 6.07) is 0. The molecule has 9 heavy (non-hydrogen) atoms. The van der Waals surface area contributed by atoms with Crippen LogP contribution in [0.2, 0.25) is 0 Å². The zero-order valence-corrected chi connectivity index (χ0v) is 6.53. The van der Waals surface area contributed by atoms with Gasteiger partial charge in [-0.2, -0.15) is 0 Å². The Morgan fingerprint density at radius 1 is 1.44 bits per heavy atom. The van der Waals surface area contributed by atoms with Crippen LogP contribution in [-0.2, 0) is 0 Å². The molecule has 0 radical (unpaired) electrons. The minimum absolute atomic E-state index is 0. The van der Waals surface area contributed by atoms with Crippen LogP contribution in [0.5, 0.6) is 0 Å². The molecule has 0 bridgehead atoms. The number of halogens is 1. The topological polar surface area (TPSA) is 23.5 Å². The maximum absolute atomic E-state index is 8.89. The largest absolute Gasteiger partial charge is 0.395 e. The van der Waals surface area contributed by atoms with E-state index in [9.17, 15) is 0 Å². The summed E-state index contributed by atoms with van der Waals surface area (Å²) < 4.78 is 28.4. The van der Waals surface area contributed by atoms with Crippen molar-refractivity contribution >= 4 is 12.4 Å². The molecule has 0 fully saturated rings. The van der Waals surface area contributed by atoms with Crippen LogP contribution >= 0.6 is 12.4 Å². The van der Waals surface area contributed by atoms with Crippen molar-refractivity contribution in [2.75, 3.05) is 26.1 Å². The number of likely N-dealkylation sites (N-methyl/N-ethyl adjacent to an activating group) is 1. The van der Waals surface area contributed by atoms with Gasteiger partial charge >= 0.3 is 0 Å². The van der Waals surface area contributed by atoms with E-state index in [1.807, 2.05) is 0 Å². The van der Waals surface area contributed by atoms with E-state index in [1.165, 1.54) is 4.90 Å². The molecule has 0 saturated carbocycles. The molecule has 0 rings (SSSR count). The summed E-state index contributed by atoms with van der Waals surface area (Å²) in [5, 5.41) is 8.89. The molecule has 0 aliphatic rings. The maximum atomic E-state index is 8.89. The Morgan fingerprint density at radius 2 is 1.89 bits per heavy atom. The fourth-order valence-corrected chi connectivity index (χ4v) is 0.452. The van der Waals surface area contributed by atoms with Gasteiger partial charge in [-0.05, 0) is 13.1 Å². The maximum Gasteiger partial charge on any atom is 0.0577 e. The van der Waals surface area contributed by atoms with Gasteiger partial charge in [0.05, 0.1) is 9.30 Å². The Hall–Kier alpha value is 0.210. The molecule has 0 aromatic carbocycles. The van der Waals surface area contributed by atoms with Crippen molar-refractivity contribution in [2.45, 2.75) is 13.8 Å². The van der Waals surface area contributed by atoms with Gasteiger partial charge in [0, 0.05) is 9.24 Å². The molecule has 0 spiro atoms. The second kappa shape index (κ2) is 8.21. The van der Waals surface area contributed by atoms with Crippen molar-refractivity contribution in [3.8, 4) is 0 Å². The Morgan fingerprint density at radius 3 is 2.00 bits per heavy atom. The predicted molar refractivity (Wildman–Crippen MR) is 42.1 cm³/mol. The number of hydrogen-bond donors (Lipinski definition) is 1. The van der Waals surface area contributed by atoms with E-state index in [-0.39, 0.29) is 12.4 Å². The van der Waals surface area contributed by atoms with Gasteiger partial charge in [-0.3, -0.25) is 0 Å². The fraction of sp³-hybridized carbons (Fsp3) is 1.00. The lowest BCUT2D eigenvalue weighted by atomic mass is 10.5. The highest BCUT2D eigenvalue weighted by atomic mass is 35.5. The van der Waals surface area contributed by atoms with Crippen molar-refractivity contribution in [1.29, 1.82) is 0 Å². The molecular weight excluding hydrogens is 138 g/mol. The third-order valence-corrected chi connectivity index (χ3v) is 0.972. The average molecular weight is 158 g/mol. The quantitative estimate of drug-likeness (QED) is 0.651. The first-order valence-corrected chi connectivity index (χ1v) is 2.74. The van der Waals surface area contributed by atoms with Crippen LogP contribution in [0.15, 0.2) is 0 Å². The first-order chi connectivity index (χ1) is 5.27. The summed E-state index contributed by atoms with van der Waals surface area (Å²) in [6.45, 7) is -0.983. The Bertz CT molecular complexity index is 146. The normalized spacial score (nSPS) is 19.1. The van der Waals surface area contributed by atoms with E-state index in [1.54, 1.807) is 13.8 Å². The van der Waals surface area contributed by atoms with Gasteiger partial charge in [-0.25, -0.2) is 0 Å². The zero-order valence-electron chi connectivity index (χ0n) is 9.72. The smallest absolute Gasteiger partial charge is 0.0577 e. The highest BCUT2D eigenvalue weighted by Gasteiger charge is 1.93. The van der Waals surface area contributed by atoms with Gasteiger partial charge in [0.2, 0.25) is 0 Å². The molecule has 0 atom stereocenters. The number of rotatable bonds is 4. The summed E-state index contributed by atoms with van der Waals surface area (Å²) in [5.41, 5.74) is 0. The molecule has 3 heteroatoms. The predicted octanol–water partition coefficient (Wildman–Crippen LogP) is 0.742. The summed E-state index contributed by atoms with van der Waals surface area (Å²) in [5.74, 6) is 0. The van der Waals surface area contributed by atoms with E-state index in [2.05, 4.69) is 0 Å². The lowest BCUT2D eigenvalue weighted by Gasteiger charge is -2.15. The lowest BCUT2D eigenvalue weighted by molar-refractivity contribution is 0.208. The first-order valence-electron chi connectivity index (χ1n) is 4.74. The molecule has 0 heterocycles. The van der Waals surface area contributed by atoms with E-state index < -0.39 is 13.1 Å². The van der Waals surface area contributed by atoms with Crippen LogP contribution in [0.3, 0.4) is 0 Å². The van der Waals surface area contributed by atoms with E-state index in [0.717, 1.165) is 0 Å². The fourth-order valence-electron chi connectivity index (χ4n) is 0.452. The molecule has 0 aromatic heterocycles. The monoisotopic (exact) mass is 157 g/mol. The SMILES string of the molecule is Cl.[2H]C([2H])(O)C([2H])([2H])N(CC)CC. The summed E-state index contributed by atoms with van der Waals surface area (Å²) in [4.78, 5) is 1.23. The van der Waals surface area contributed by atoms with E-state index >= 15 is 0 Å². The van der Waals surface area contributed by atoms with E-state index in [4.69, 9.17) is 10.6 Å². The molecular formula is C6H16ClNO. The first kappa shape index (κ1) is 4.94. The van der Waals surface area contributed by atoms with Crippen molar-refractivity contribution in [3.05, 3.63) is 0 Å². The minimum Gasteiger partial charge on any atom is -0.395 e. The third kappa shape index (κ3) is 6.09. The number of hydrogen-bond acceptors (Lipinski definition) is 2. The average Bonchev–Trinajstić information content (AvgIpc) is 1.87. The Balaban J connectivity index is 0. The van der Waals surface area contributed by atoms with Crippen molar-refractivity contribution in [1.82, 2.24) is 4.90 Å². The second-order valence-electron chi connectivity index (χ2n) is 1.40. The van der Waals surface area contributed by atoms with Crippen LogP contribution in [0.4, 0.5) is 0 Å². The molecule has 1 N–H and O–H groups in total. The summed E-state index contributed by atoms with van der Waals surface area (Å²) in [7, 11) is 0. The molecule has 2 nitrogen and oxygen atoms in total. The molecule has 0 unspecified atom stereocenters. The van der Waals surface area contributed by atoms with Gasteiger partial charge in [-0.15, -0.1) is 12.4 Å². The highest BCUT2D eigenvalue weighted by molar-refractivity contribution is 5.85. The summed E-state index contributed by atoms with van der Waals surface area (Å²) in [6.07, 6.45) is 0. The minimum atomic E-state index is -2.82. The van der Waals surface area contributed by atoms with Crippen LogP contribution in [0, 0.1) is 0 Å². The van der Waals surface area contributed by atoms with Gasteiger partial charge in [0.25, 0.3) is 0 Å². The lowest BCUT2D eigenvalue weighted by Crippen LogP contribution is -2.25. The summed E-state index contributed by atoms with van der Waals surface area (Å²) >= 11 is 0.